The van der Waals surface area contributed by atoms with E-state index in [0.29, 0.717) is 0 Å². The molecule has 0 amide bonds. The largest absolute Gasteiger partial charge is 0.374 e. The highest BCUT2D eigenvalue weighted by atomic mass is 35.5. The molecule has 0 aliphatic heterocycles. The van der Waals surface area contributed by atoms with E-state index in [-0.39, 0.29) is 18.6 Å². The second kappa shape index (κ2) is 9.19. The highest BCUT2D eigenvalue weighted by Gasteiger charge is 1.77. The molecular weight excluding hydrogens is 119 g/mol. The smallest absolute Gasteiger partial charge is 0.321 e. The van der Waals surface area contributed by atoms with Crippen molar-refractivity contribution in [3.8, 4) is 0 Å². The van der Waals surface area contributed by atoms with Gasteiger partial charge in [-0.05, 0) is 0 Å². The standard InChI is InChI=1S/C2H5NO2.ClH.H3N/c1-2(4)5-3;;/h3H2,1H3;1H;1H3. The van der Waals surface area contributed by atoms with Crippen LogP contribution < -0.4 is 12.0 Å². The summed E-state index contributed by atoms with van der Waals surface area (Å²) in [4.78, 5) is 13.1. The van der Waals surface area contributed by atoms with Crippen molar-refractivity contribution in [2.45, 2.75) is 6.92 Å². The zero-order chi connectivity index (χ0) is 4.28. The molecule has 0 rings (SSSR count). The Labute approximate surface area is 48.0 Å². The predicted molar refractivity (Wildman–Crippen MR) is 28.2 cm³/mol. The maximum Gasteiger partial charge on any atom is 0.321 e. The van der Waals surface area contributed by atoms with Crippen LogP contribution in [0.2, 0.25) is 0 Å². The summed E-state index contributed by atoms with van der Waals surface area (Å²) in [5.74, 6) is 3.85. The number of rotatable bonds is 0. The Kier molecular flexibility index (Phi) is 20.9. The van der Waals surface area contributed by atoms with E-state index in [9.17, 15) is 4.79 Å². The molecule has 0 spiro atoms. The van der Waals surface area contributed by atoms with Crippen LogP contribution in [0, 0.1) is 0 Å². The molecule has 0 unspecified atom stereocenters. The third kappa shape index (κ3) is 27.3. The zero-order valence-corrected chi connectivity index (χ0v) is 4.83. The van der Waals surface area contributed by atoms with Gasteiger partial charge < -0.3 is 11.0 Å². The van der Waals surface area contributed by atoms with Crippen molar-refractivity contribution in [2.75, 3.05) is 0 Å². The molecule has 0 atom stereocenters. The minimum atomic E-state index is -0.468. The molecule has 0 heterocycles. The monoisotopic (exact) mass is 128 g/mol. The normalized spacial score (nSPS) is 4.86. The van der Waals surface area contributed by atoms with Crippen molar-refractivity contribution in [3.05, 3.63) is 0 Å². The Morgan fingerprint density at radius 2 is 1.86 bits per heavy atom. The number of carbonyl (C=O) groups excluding carboxylic acids is 1. The first-order valence-electron chi connectivity index (χ1n) is 1.14. The molecule has 0 bridgehead atoms. The fourth-order valence-corrected chi connectivity index (χ4v) is 0. The van der Waals surface area contributed by atoms with Gasteiger partial charge in [-0.3, -0.25) is 4.79 Å². The predicted octanol–water partition coefficient (Wildman–Crippen LogP) is 0.00700. The fraction of sp³-hybridized carbons (Fsp3) is 0.500. The average Bonchev–Trinajstić information content (AvgIpc) is 1.38. The Balaban J connectivity index is -0.0000000800. The number of hydrogen-bond acceptors (Lipinski definition) is 4. The summed E-state index contributed by atoms with van der Waals surface area (Å²) in [5, 5.41) is 0. The molecule has 5 N–H and O–H groups in total. The van der Waals surface area contributed by atoms with E-state index in [0.717, 1.165) is 0 Å². The Morgan fingerprint density at radius 3 is 1.86 bits per heavy atom. The molecule has 0 aliphatic carbocycles. The quantitative estimate of drug-likeness (QED) is 0.450. The fourth-order valence-electron chi connectivity index (χ4n) is 0. The number of halogens is 1. The summed E-state index contributed by atoms with van der Waals surface area (Å²) < 4.78 is 0. The maximum atomic E-state index is 9.47. The molecule has 5 heteroatoms. The van der Waals surface area contributed by atoms with Gasteiger partial charge >= 0.3 is 5.97 Å². The summed E-state index contributed by atoms with van der Waals surface area (Å²) in [6.07, 6.45) is 0. The summed E-state index contributed by atoms with van der Waals surface area (Å²) in [5.41, 5.74) is 0. The van der Waals surface area contributed by atoms with Crippen LogP contribution in [-0.4, -0.2) is 5.97 Å². The van der Waals surface area contributed by atoms with Gasteiger partial charge in [-0.1, -0.05) is 0 Å². The maximum absolute atomic E-state index is 9.47. The van der Waals surface area contributed by atoms with Crippen LogP contribution in [0.3, 0.4) is 0 Å². The Morgan fingerprint density at radius 1 is 1.71 bits per heavy atom. The molecule has 0 aliphatic rings. The third-order valence-electron chi connectivity index (χ3n) is 0.166. The van der Waals surface area contributed by atoms with Crippen molar-refractivity contribution in [3.63, 3.8) is 0 Å². The minimum absolute atomic E-state index is 0. The van der Waals surface area contributed by atoms with Gasteiger partial charge in [0.1, 0.15) is 0 Å². The topological polar surface area (TPSA) is 87.3 Å². The second-order valence-electron chi connectivity index (χ2n) is 0.609. The van der Waals surface area contributed by atoms with Crippen LogP contribution >= 0.6 is 12.4 Å². The van der Waals surface area contributed by atoms with Crippen LogP contribution in [0.15, 0.2) is 0 Å². The van der Waals surface area contributed by atoms with Crippen molar-refractivity contribution in [1.82, 2.24) is 6.15 Å². The molecular formula is C2H9ClN2O2. The Bertz CT molecular complexity index is 49.0. The lowest BCUT2D eigenvalue weighted by molar-refractivity contribution is -0.141. The van der Waals surface area contributed by atoms with Crippen LogP contribution in [-0.2, 0) is 9.63 Å². The molecule has 0 saturated heterocycles. The highest BCUT2D eigenvalue weighted by Crippen LogP contribution is 1.55. The van der Waals surface area contributed by atoms with Gasteiger partial charge in [0.25, 0.3) is 0 Å². The van der Waals surface area contributed by atoms with Gasteiger partial charge in [0.05, 0.1) is 0 Å². The zero-order valence-electron chi connectivity index (χ0n) is 4.01. The first kappa shape index (κ1) is 15.9. The molecule has 0 fully saturated rings. The SMILES string of the molecule is CC(=O)ON.Cl.N. The van der Waals surface area contributed by atoms with Crippen LogP contribution in [0.4, 0.5) is 0 Å². The van der Waals surface area contributed by atoms with Gasteiger partial charge in [0, 0.05) is 6.92 Å². The van der Waals surface area contributed by atoms with Crippen LogP contribution in [0.5, 0.6) is 0 Å². The molecule has 7 heavy (non-hydrogen) atoms. The van der Waals surface area contributed by atoms with Gasteiger partial charge in [0.2, 0.25) is 0 Å². The van der Waals surface area contributed by atoms with Crippen molar-refractivity contribution >= 4 is 18.4 Å². The number of hydrogen-bond donors (Lipinski definition) is 2. The van der Waals surface area contributed by atoms with Crippen LogP contribution in [0.1, 0.15) is 6.92 Å². The van der Waals surface area contributed by atoms with E-state index in [1.807, 2.05) is 0 Å². The summed E-state index contributed by atoms with van der Waals surface area (Å²) in [6.45, 7) is 1.24. The lowest BCUT2D eigenvalue weighted by Gasteiger charge is -1.79. The average molecular weight is 129 g/mol. The molecule has 0 saturated carbocycles. The van der Waals surface area contributed by atoms with E-state index in [1.54, 1.807) is 0 Å². The molecule has 0 aromatic carbocycles. The molecule has 4 nitrogen and oxygen atoms in total. The number of nitrogens with two attached hydrogens (primary N) is 1. The molecule has 46 valence electrons. The summed E-state index contributed by atoms with van der Waals surface area (Å²) in [7, 11) is 0. The van der Waals surface area contributed by atoms with Crippen molar-refractivity contribution < 1.29 is 9.63 Å². The van der Waals surface area contributed by atoms with Crippen LogP contribution in [0.25, 0.3) is 0 Å². The second-order valence-corrected chi connectivity index (χ2v) is 0.609. The number of carbonyl (C=O) groups is 1. The van der Waals surface area contributed by atoms with Gasteiger partial charge in [0.15, 0.2) is 0 Å². The summed E-state index contributed by atoms with van der Waals surface area (Å²) >= 11 is 0. The molecule has 0 aromatic rings. The van der Waals surface area contributed by atoms with E-state index < -0.39 is 5.97 Å². The Hall–Kier alpha value is -0.320. The van der Waals surface area contributed by atoms with E-state index >= 15 is 0 Å². The van der Waals surface area contributed by atoms with Gasteiger partial charge in [-0.2, -0.15) is 5.90 Å². The van der Waals surface area contributed by atoms with E-state index in [4.69, 9.17) is 0 Å². The molecule has 0 radical (unpaired) electrons. The lowest BCUT2D eigenvalue weighted by atomic mass is 10.8. The van der Waals surface area contributed by atoms with Gasteiger partial charge in [-0.25, -0.2) is 0 Å². The highest BCUT2D eigenvalue weighted by molar-refractivity contribution is 5.85. The van der Waals surface area contributed by atoms with E-state index in [2.05, 4.69) is 10.7 Å². The van der Waals surface area contributed by atoms with Crippen molar-refractivity contribution in [2.24, 2.45) is 5.90 Å². The summed E-state index contributed by atoms with van der Waals surface area (Å²) in [6, 6.07) is 0. The third-order valence-corrected chi connectivity index (χ3v) is 0.166. The van der Waals surface area contributed by atoms with E-state index in [1.165, 1.54) is 6.92 Å². The first-order valence-corrected chi connectivity index (χ1v) is 1.14. The van der Waals surface area contributed by atoms with Gasteiger partial charge in [-0.15, -0.1) is 12.4 Å². The van der Waals surface area contributed by atoms with Crippen molar-refractivity contribution in [1.29, 1.82) is 0 Å². The minimum Gasteiger partial charge on any atom is -0.374 e. The first-order chi connectivity index (χ1) is 2.27. The molecule has 0 aromatic heterocycles. The lowest BCUT2D eigenvalue weighted by Crippen LogP contribution is -2.03.